The zero-order valence-corrected chi connectivity index (χ0v) is 14.2. The van der Waals surface area contributed by atoms with Gasteiger partial charge >= 0.3 is 0 Å². The van der Waals surface area contributed by atoms with Crippen LogP contribution in [-0.4, -0.2) is 24.2 Å². The largest absolute Gasteiger partial charge is 0.484 e. The Morgan fingerprint density at radius 1 is 1.17 bits per heavy atom. The zero-order valence-electron chi connectivity index (χ0n) is 13.4. The van der Waals surface area contributed by atoms with Crippen molar-refractivity contribution in [2.45, 2.75) is 12.5 Å². The van der Waals surface area contributed by atoms with Crippen LogP contribution in [0.5, 0.6) is 5.75 Å². The molecule has 0 aliphatic carbocycles. The monoisotopic (exact) mass is 341 g/mol. The molecule has 24 heavy (non-hydrogen) atoms. The van der Waals surface area contributed by atoms with Crippen molar-refractivity contribution in [2.75, 3.05) is 13.2 Å². The van der Waals surface area contributed by atoms with E-state index in [0.717, 1.165) is 15.6 Å². The molecule has 5 heteroatoms. The number of benzene rings is 2. The van der Waals surface area contributed by atoms with Gasteiger partial charge in [0.1, 0.15) is 11.4 Å². The van der Waals surface area contributed by atoms with Gasteiger partial charge in [-0.2, -0.15) is 0 Å². The first-order valence-electron chi connectivity index (χ1n) is 7.69. The predicted molar refractivity (Wildman–Crippen MR) is 96.3 cm³/mol. The van der Waals surface area contributed by atoms with E-state index in [4.69, 9.17) is 4.74 Å². The molecule has 0 aliphatic heterocycles. The predicted octanol–water partition coefficient (Wildman–Crippen LogP) is 3.30. The molecular weight excluding hydrogens is 322 g/mol. The maximum Gasteiger partial charge on any atom is 0.258 e. The van der Waals surface area contributed by atoms with E-state index in [-0.39, 0.29) is 19.1 Å². The van der Waals surface area contributed by atoms with Crippen LogP contribution < -0.4 is 10.1 Å². The summed E-state index contributed by atoms with van der Waals surface area (Å²) in [5.41, 5.74) is -1.08. The van der Waals surface area contributed by atoms with Crippen molar-refractivity contribution in [3.63, 3.8) is 0 Å². The Hall–Kier alpha value is -2.37. The molecule has 0 radical (unpaired) electrons. The number of fused-ring (bicyclic) bond motifs is 1. The van der Waals surface area contributed by atoms with Gasteiger partial charge in [0.05, 0.1) is 6.54 Å². The number of aliphatic hydroxyl groups is 1. The average molecular weight is 341 g/mol. The van der Waals surface area contributed by atoms with Crippen molar-refractivity contribution >= 4 is 28.0 Å². The lowest BCUT2D eigenvalue weighted by molar-refractivity contribution is -0.124. The summed E-state index contributed by atoms with van der Waals surface area (Å²) in [7, 11) is 0. The molecular formula is C19H19NO3S. The summed E-state index contributed by atoms with van der Waals surface area (Å²) < 4.78 is 5.54. The van der Waals surface area contributed by atoms with Gasteiger partial charge < -0.3 is 15.2 Å². The van der Waals surface area contributed by atoms with Gasteiger partial charge in [-0.1, -0.05) is 36.4 Å². The fraction of sp³-hybridized carbons (Fsp3) is 0.211. The second kappa shape index (κ2) is 7.03. The highest BCUT2D eigenvalue weighted by Gasteiger charge is 2.24. The molecule has 3 aromatic rings. The molecule has 1 atom stereocenters. The van der Waals surface area contributed by atoms with E-state index >= 15 is 0 Å². The molecule has 3 rings (SSSR count). The fourth-order valence-corrected chi connectivity index (χ4v) is 3.19. The summed E-state index contributed by atoms with van der Waals surface area (Å²) in [4.78, 5) is 12.8. The molecule has 1 aromatic heterocycles. The number of rotatable bonds is 6. The number of nitrogens with one attached hydrogen (secondary N) is 1. The van der Waals surface area contributed by atoms with Crippen LogP contribution in [0.3, 0.4) is 0 Å². The van der Waals surface area contributed by atoms with Crippen LogP contribution in [0.15, 0.2) is 60.0 Å². The van der Waals surface area contributed by atoms with Gasteiger partial charge in [0.2, 0.25) is 0 Å². The Kier molecular flexibility index (Phi) is 4.83. The van der Waals surface area contributed by atoms with E-state index in [0.29, 0.717) is 5.75 Å². The minimum Gasteiger partial charge on any atom is -0.484 e. The summed E-state index contributed by atoms with van der Waals surface area (Å²) in [5.74, 6) is 0.383. The maximum absolute atomic E-state index is 12.0. The van der Waals surface area contributed by atoms with E-state index < -0.39 is 5.60 Å². The number of carbonyl (C=O) groups is 1. The number of carbonyl (C=O) groups excluding carboxylic acids is 1. The van der Waals surface area contributed by atoms with Gasteiger partial charge in [-0.25, -0.2) is 0 Å². The van der Waals surface area contributed by atoms with E-state index in [1.165, 1.54) is 11.3 Å². The first kappa shape index (κ1) is 16.5. The number of ether oxygens (including phenoxy) is 1. The molecule has 0 spiro atoms. The quantitative estimate of drug-likeness (QED) is 0.723. The van der Waals surface area contributed by atoms with E-state index in [1.807, 2.05) is 60.0 Å². The van der Waals surface area contributed by atoms with Crippen LogP contribution in [0, 0.1) is 0 Å². The smallest absolute Gasteiger partial charge is 0.258 e. The van der Waals surface area contributed by atoms with Crippen molar-refractivity contribution in [1.82, 2.24) is 5.32 Å². The highest BCUT2D eigenvalue weighted by atomic mass is 32.1. The van der Waals surface area contributed by atoms with Crippen LogP contribution in [-0.2, 0) is 10.4 Å². The van der Waals surface area contributed by atoms with Crippen LogP contribution in [0.25, 0.3) is 10.8 Å². The van der Waals surface area contributed by atoms with Crippen molar-refractivity contribution in [3.8, 4) is 5.75 Å². The molecule has 1 heterocycles. The van der Waals surface area contributed by atoms with E-state index in [1.54, 1.807) is 6.92 Å². The van der Waals surface area contributed by atoms with Gasteiger partial charge in [0, 0.05) is 4.88 Å². The van der Waals surface area contributed by atoms with Crippen LogP contribution in [0.4, 0.5) is 0 Å². The molecule has 1 unspecified atom stereocenters. The molecule has 0 bridgehead atoms. The van der Waals surface area contributed by atoms with E-state index in [9.17, 15) is 9.90 Å². The van der Waals surface area contributed by atoms with Crippen LogP contribution in [0.1, 0.15) is 11.8 Å². The third-order valence-electron chi connectivity index (χ3n) is 3.77. The lowest BCUT2D eigenvalue weighted by Gasteiger charge is -2.22. The normalized spacial score (nSPS) is 13.4. The second-order valence-electron chi connectivity index (χ2n) is 5.83. The van der Waals surface area contributed by atoms with Gasteiger partial charge in [-0.05, 0) is 41.3 Å². The summed E-state index contributed by atoms with van der Waals surface area (Å²) in [6.07, 6.45) is 0. The topological polar surface area (TPSA) is 58.6 Å². The summed E-state index contributed by atoms with van der Waals surface area (Å²) in [5, 5.41) is 17.2. The van der Waals surface area contributed by atoms with Gasteiger partial charge in [-0.15, -0.1) is 11.3 Å². The molecule has 4 nitrogen and oxygen atoms in total. The number of hydrogen-bond acceptors (Lipinski definition) is 4. The summed E-state index contributed by atoms with van der Waals surface area (Å²) in [6, 6.07) is 17.4. The highest BCUT2D eigenvalue weighted by molar-refractivity contribution is 7.10. The zero-order chi connectivity index (χ0) is 17.0. The number of thiophene rings is 1. The van der Waals surface area contributed by atoms with Gasteiger partial charge in [-0.3, -0.25) is 4.79 Å². The third-order valence-corrected chi connectivity index (χ3v) is 4.90. The molecule has 2 N–H and O–H groups in total. The molecule has 0 aliphatic rings. The van der Waals surface area contributed by atoms with Crippen LogP contribution >= 0.6 is 11.3 Å². The minimum absolute atomic E-state index is 0.0845. The molecule has 0 fully saturated rings. The fourth-order valence-electron chi connectivity index (χ4n) is 2.40. The van der Waals surface area contributed by atoms with Crippen molar-refractivity contribution in [2.24, 2.45) is 0 Å². The molecule has 0 saturated carbocycles. The summed E-state index contributed by atoms with van der Waals surface area (Å²) >= 11 is 1.46. The highest BCUT2D eigenvalue weighted by Crippen LogP contribution is 2.24. The Bertz CT molecular complexity index is 828. The Morgan fingerprint density at radius 3 is 2.71 bits per heavy atom. The Morgan fingerprint density at radius 2 is 1.96 bits per heavy atom. The van der Waals surface area contributed by atoms with Crippen molar-refractivity contribution in [1.29, 1.82) is 0 Å². The lowest BCUT2D eigenvalue weighted by atomic mass is 10.1. The first-order valence-corrected chi connectivity index (χ1v) is 8.57. The molecule has 1 amide bonds. The number of amides is 1. The van der Waals surface area contributed by atoms with Crippen LogP contribution in [0.2, 0.25) is 0 Å². The molecule has 0 saturated heterocycles. The molecule has 2 aromatic carbocycles. The standard InChI is InChI=1S/C19H19NO3S/c1-19(22,17-7-4-10-24-17)13-20-18(21)12-23-16-9-8-14-5-2-3-6-15(14)11-16/h2-11,22H,12-13H2,1H3,(H,20,21). The Balaban J connectivity index is 1.53. The minimum atomic E-state index is -1.08. The number of hydrogen-bond donors (Lipinski definition) is 2. The van der Waals surface area contributed by atoms with Gasteiger partial charge in [0.25, 0.3) is 5.91 Å². The maximum atomic E-state index is 12.0. The van der Waals surface area contributed by atoms with Crippen molar-refractivity contribution < 1.29 is 14.6 Å². The second-order valence-corrected chi connectivity index (χ2v) is 6.77. The Labute approximate surface area is 144 Å². The lowest BCUT2D eigenvalue weighted by Crippen LogP contribution is -2.40. The van der Waals surface area contributed by atoms with Gasteiger partial charge in [0.15, 0.2) is 6.61 Å². The average Bonchev–Trinajstić information content (AvgIpc) is 3.13. The van der Waals surface area contributed by atoms with Crippen molar-refractivity contribution in [3.05, 3.63) is 64.9 Å². The first-order chi connectivity index (χ1) is 11.5. The summed E-state index contributed by atoms with van der Waals surface area (Å²) in [6.45, 7) is 1.75. The molecule has 124 valence electrons. The third kappa shape index (κ3) is 3.93. The SMILES string of the molecule is CC(O)(CNC(=O)COc1ccc2ccccc2c1)c1cccs1. The van der Waals surface area contributed by atoms with E-state index in [2.05, 4.69) is 5.32 Å².